The molecule has 0 bridgehead atoms. The van der Waals surface area contributed by atoms with Crippen molar-refractivity contribution in [2.24, 2.45) is 5.92 Å². The Morgan fingerprint density at radius 3 is 2.71 bits per heavy atom. The summed E-state index contributed by atoms with van der Waals surface area (Å²) in [4.78, 5) is 23.8. The van der Waals surface area contributed by atoms with Gasteiger partial charge in [-0.2, -0.15) is 0 Å². The summed E-state index contributed by atoms with van der Waals surface area (Å²) in [6.45, 7) is 5.70. The first-order chi connectivity index (χ1) is 10.2. The van der Waals surface area contributed by atoms with Crippen molar-refractivity contribution in [2.75, 3.05) is 25.0 Å². The van der Waals surface area contributed by atoms with E-state index in [1.165, 1.54) is 0 Å². The molecule has 21 heavy (non-hydrogen) atoms. The summed E-state index contributed by atoms with van der Waals surface area (Å²) in [6.07, 6.45) is 3.58. The van der Waals surface area contributed by atoms with E-state index in [2.05, 4.69) is 22.5 Å². The maximum absolute atomic E-state index is 12.1. The van der Waals surface area contributed by atoms with Gasteiger partial charge in [-0.15, -0.1) is 6.58 Å². The van der Waals surface area contributed by atoms with Gasteiger partial charge in [0.2, 0.25) is 5.91 Å². The fourth-order valence-electron chi connectivity index (χ4n) is 2.29. The highest BCUT2D eigenvalue weighted by Gasteiger charge is 2.20. The second-order valence-corrected chi connectivity index (χ2v) is 5.11. The van der Waals surface area contributed by atoms with Crippen LogP contribution in [0.2, 0.25) is 0 Å². The first kappa shape index (κ1) is 15.3. The maximum Gasteiger partial charge on any atom is 0.251 e. The highest BCUT2D eigenvalue weighted by atomic mass is 16.2. The maximum atomic E-state index is 12.1. The zero-order chi connectivity index (χ0) is 15.1. The molecular formula is C16H21N3O2. The second-order valence-electron chi connectivity index (χ2n) is 5.11. The number of piperidine rings is 1. The Morgan fingerprint density at radius 2 is 2.10 bits per heavy atom. The van der Waals surface area contributed by atoms with Crippen LogP contribution in [0.1, 0.15) is 23.2 Å². The lowest BCUT2D eigenvalue weighted by atomic mass is 9.99. The molecule has 5 heteroatoms. The molecule has 3 N–H and O–H groups in total. The number of benzene rings is 1. The van der Waals surface area contributed by atoms with E-state index in [1.807, 2.05) is 0 Å². The molecule has 1 aromatic rings. The van der Waals surface area contributed by atoms with Crippen LogP contribution >= 0.6 is 0 Å². The largest absolute Gasteiger partial charge is 0.349 e. The molecule has 1 fully saturated rings. The van der Waals surface area contributed by atoms with E-state index in [1.54, 1.807) is 30.3 Å². The van der Waals surface area contributed by atoms with Gasteiger partial charge in [0.05, 0.1) is 5.92 Å². The van der Waals surface area contributed by atoms with Gasteiger partial charge in [-0.1, -0.05) is 6.08 Å². The van der Waals surface area contributed by atoms with E-state index in [9.17, 15) is 9.59 Å². The number of rotatable bonds is 5. The lowest BCUT2D eigenvalue weighted by Gasteiger charge is -2.21. The molecule has 1 heterocycles. The van der Waals surface area contributed by atoms with Gasteiger partial charge in [0.15, 0.2) is 0 Å². The number of hydrogen-bond acceptors (Lipinski definition) is 3. The number of hydrogen-bond donors (Lipinski definition) is 3. The van der Waals surface area contributed by atoms with Crippen molar-refractivity contribution >= 4 is 17.5 Å². The second kappa shape index (κ2) is 7.59. The fraction of sp³-hybridized carbons (Fsp3) is 0.375. The molecule has 1 aliphatic rings. The van der Waals surface area contributed by atoms with E-state index in [-0.39, 0.29) is 17.7 Å². The van der Waals surface area contributed by atoms with Crippen LogP contribution in [0.4, 0.5) is 5.69 Å². The van der Waals surface area contributed by atoms with Crippen LogP contribution in [-0.2, 0) is 4.79 Å². The van der Waals surface area contributed by atoms with Crippen molar-refractivity contribution in [2.45, 2.75) is 12.8 Å². The molecule has 0 aliphatic carbocycles. The first-order valence-electron chi connectivity index (χ1n) is 7.21. The molecule has 0 saturated carbocycles. The minimum Gasteiger partial charge on any atom is -0.349 e. The highest BCUT2D eigenvalue weighted by Crippen LogP contribution is 2.15. The van der Waals surface area contributed by atoms with Crippen molar-refractivity contribution in [1.29, 1.82) is 0 Å². The average Bonchev–Trinajstić information content (AvgIpc) is 2.54. The molecule has 1 aromatic carbocycles. The van der Waals surface area contributed by atoms with E-state index in [4.69, 9.17) is 0 Å². The molecule has 112 valence electrons. The van der Waals surface area contributed by atoms with Gasteiger partial charge < -0.3 is 16.0 Å². The Bertz CT molecular complexity index is 505. The van der Waals surface area contributed by atoms with Gasteiger partial charge in [0, 0.05) is 24.3 Å². The van der Waals surface area contributed by atoms with Crippen LogP contribution in [0.3, 0.4) is 0 Å². The molecule has 0 spiro atoms. The molecule has 2 amide bonds. The predicted octanol–water partition coefficient (Wildman–Crippen LogP) is 1.54. The number of nitrogens with one attached hydrogen (secondary N) is 3. The van der Waals surface area contributed by atoms with Crippen LogP contribution in [0.25, 0.3) is 0 Å². The van der Waals surface area contributed by atoms with Gasteiger partial charge in [-0.25, -0.2) is 0 Å². The summed E-state index contributed by atoms with van der Waals surface area (Å²) < 4.78 is 0. The average molecular weight is 287 g/mol. The zero-order valence-corrected chi connectivity index (χ0v) is 12.0. The SMILES string of the molecule is C=CCNC(=O)c1ccc(NC(=O)C2CCCNC2)cc1. The normalized spacial score (nSPS) is 17.8. The van der Waals surface area contributed by atoms with Gasteiger partial charge in [-0.05, 0) is 43.7 Å². The van der Waals surface area contributed by atoms with Gasteiger partial charge >= 0.3 is 0 Å². The summed E-state index contributed by atoms with van der Waals surface area (Å²) in [5.74, 6) is -0.0929. The van der Waals surface area contributed by atoms with E-state index in [0.29, 0.717) is 17.8 Å². The summed E-state index contributed by atoms with van der Waals surface area (Å²) in [5, 5.41) is 8.83. The third kappa shape index (κ3) is 4.43. The smallest absolute Gasteiger partial charge is 0.251 e. The molecular weight excluding hydrogens is 266 g/mol. The lowest BCUT2D eigenvalue weighted by Crippen LogP contribution is -2.37. The molecule has 1 saturated heterocycles. The summed E-state index contributed by atoms with van der Waals surface area (Å²) in [7, 11) is 0. The van der Waals surface area contributed by atoms with Crippen molar-refractivity contribution in [3.05, 3.63) is 42.5 Å². The minimum absolute atomic E-state index is 0.0225. The Labute approximate surface area is 124 Å². The summed E-state index contributed by atoms with van der Waals surface area (Å²) >= 11 is 0. The van der Waals surface area contributed by atoms with Crippen molar-refractivity contribution < 1.29 is 9.59 Å². The summed E-state index contributed by atoms with van der Waals surface area (Å²) in [6, 6.07) is 6.90. The van der Waals surface area contributed by atoms with Gasteiger partial charge in [0.1, 0.15) is 0 Å². The van der Waals surface area contributed by atoms with Crippen LogP contribution < -0.4 is 16.0 Å². The zero-order valence-electron chi connectivity index (χ0n) is 12.0. The van der Waals surface area contributed by atoms with Gasteiger partial charge in [0.25, 0.3) is 5.91 Å². The molecule has 1 atom stereocenters. The van der Waals surface area contributed by atoms with Crippen LogP contribution in [0.15, 0.2) is 36.9 Å². The van der Waals surface area contributed by atoms with Crippen LogP contribution in [0, 0.1) is 5.92 Å². The van der Waals surface area contributed by atoms with E-state index in [0.717, 1.165) is 25.9 Å². The minimum atomic E-state index is -0.149. The van der Waals surface area contributed by atoms with Crippen LogP contribution in [-0.4, -0.2) is 31.4 Å². The molecule has 0 aromatic heterocycles. The number of carbonyl (C=O) groups is 2. The standard InChI is InChI=1S/C16H21N3O2/c1-2-9-18-15(20)12-5-7-14(8-6-12)19-16(21)13-4-3-10-17-11-13/h2,5-8,13,17H,1,3-4,9-11H2,(H,18,20)(H,19,21). The Kier molecular flexibility index (Phi) is 5.51. The number of anilines is 1. The summed E-state index contributed by atoms with van der Waals surface area (Å²) in [5.41, 5.74) is 1.28. The molecule has 5 nitrogen and oxygen atoms in total. The molecule has 0 radical (unpaired) electrons. The lowest BCUT2D eigenvalue weighted by molar-refractivity contribution is -0.120. The predicted molar refractivity (Wildman–Crippen MR) is 83.2 cm³/mol. The third-order valence-corrected chi connectivity index (χ3v) is 3.49. The monoisotopic (exact) mass is 287 g/mol. The van der Waals surface area contributed by atoms with Crippen LogP contribution in [0.5, 0.6) is 0 Å². The highest BCUT2D eigenvalue weighted by molar-refractivity contribution is 5.96. The molecule has 1 unspecified atom stereocenters. The number of carbonyl (C=O) groups excluding carboxylic acids is 2. The van der Waals surface area contributed by atoms with Crippen molar-refractivity contribution in [3.63, 3.8) is 0 Å². The quantitative estimate of drug-likeness (QED) is 0.719. The Hall–Kier alpha value is -2.14. The Morgan fingerprint density at radius 1 is 1.33 bits per heavy atom. The van der Waals surface area contributed by atoms with Crippen molar-refractivity contribution in [1.82, 2.24) is 10.6 Å². The molecule has 1 aliphatic heterocycles. The van der Waals surface area contributed by atoms with E-state index < -0.39 is 0 Å². The fourth-order valence-corrected chi connectivity index (χ4v) is 2.29. The Balaban J connectivity index is 1.91. The van der Waals surface area contributed by atoms with Crippen molar-refractivity contribution in [3.8, 4) is 0 Å². The third-order valence-electron chi connectivity index (χ3n) is 3.49. The van der Waals surface area contributed by atoms with E-state index >= 15 is 0 Å². The first-order valence-corrected chi connectivity index (χ1v) is 7.21. The number of amides is 2. The van der Waals surface area contributed by atoms with Gasteiger partial charge in [-0.3, -0.25) is 9.59 Å². The molecule has 2 rings (SSSR count). The topological polar surface area (TPSA) is 70.2 Å².